The Morgan fingerprint density at radius 1 is 1.35 bits per heavy atom. The molecule has 0 fully saturated rings. The van der Waals surface area contributed by atoms with Crippen LogP contribution in [0.4, 0.5) is 0 Å². The highest BCUT2D eigenvalue weighted by Crippen LogP contribution is 2.27. The molecule has 20 heavy (non-hydrogen) atoms. The molecular formula is C15H18N2O3. The minimum Gasteiger partial charge on any atom is -0.465 e. The number of aromatic nitrogens is 2. The SMILES string of the molecule is CCOC(=O)C(c1nc(CC)no1)c1ccccc1C. The Labute approximate surface area is 118 Å². The first kappa shape index (κ1) is 14.2. The van der Waals surface area contributed by atoms with E-state index in [9.17, 15) is 4.79 Å². The van der Waals surface area contributed by atoms with E-state index in [1.165, 1.54) is 0 Å². The van der Waals surface area contributed by atoms with Crippen molar-refractivity contribution in [2.24, 2.45) is 0 Å². The highest BCUT2D eigenvalue weighted by Gasteiger charge is 2.30. The van der Waals surface area contributed by atoms with Gasteiger partial charge < -0.3 is 9.26 Å². The molecule has 0 N–H and O–H groups in total. The van der Waals surface area contributed by atoms with Crippen LogP contribution in [0, 0.1) is 6.92 Å². The monoisotopic (exact) mass is 274 g/mol. The molecule has 0 saturated carbocycles. The number of benzene rings is 1. The van der Waals surface area contributed by atoms with Crippen molar-refractivity contribution >= 4 is 5.97 Å². The van der Waals surface area contributed by atoms with E-state index in [0.717, 1.165) is 11.1 Å². The molecule has 106 valence electrons. The van der Waals surface area contributed by atoms with Gasteiger partial charge in [-0.2, -0.15) is 4.98 Å². The molecule has 1 unspecified atom stereocenters. The minimum absolute atomic E-state index is 0.287. The Morgan fingerprint density at radius 3 is 2.70 bits per heavy atom. The van der Waals surface area contributed by atoms with Crippen LogP contribution in [0.15, 0.2) is 28.8 Å². The van der Waals surface area contributed by atoms with E-state index in [1.54, 1.807) is 6.92 Å². The number of aryl methyl sites for hydroxylation is 2. The quantitative estimate of drug-likeness (QED) is 0.784. The summed E-state index contributed by atoms with van der Waals surface area (Å²) >= 11 is 0. The summed E-state index contributed by atoms with van der Waals surface area (Å²) in [5.41, 5.74) is 1.82. The number of esters is 1. The molecule has 1 aromatic carbocycles. The fourth-order valence-corrected chi connectivity index (χ4v) is 2.03. The molecule has 0 amide bonds. The van der Waals surface area contributed by atoms with Crippen LogP contribution in [0.1, 0.15) is 42.6 Å². The molecule has 1 atom stereocenters. The van der Waals surface area contributed by atoms with Gasteiger partial charge in [0.25, 0.3) is 0 Å². The number of hydrogen-bond donors (Lipinski definition) is 0. The molecule has 5 nitrogen and oxygen atoms in total. The van der Waals surface area contributed by atoms with Crippen molar-refractivity contribution in [3.05, 3.63) is 47.1 Å². The summed E-state index contributed by atoms with van der Waals surface area (Å²) < 4.78 is 10.4. The molecule has 0 aliphatic carbocycles. The van der Waals surface area contributed by atoms with E-state index >= 15 is 0 Å². The van der Waals surface area contributed by atoms with Crippen LogP contribution >= 0.6 is 0 Å². The van der Waals surface area contributed by atoms with E-state index in [4.69, 9.17) is 9.26 Å². The second-order valence-corrected chi connectivity index (χ2v) is 4.44. The van der Waals surface area contributed by atoms with Crippen LogP contribution in [0.3, 0.4) is 0 Å². The van der Waals surface area contributed by atoms with Crippen molar-refractivity contribution in [3.63, 3.8) is 0 Å². The first-order valence-corrected chi connectivity index (χ1v) is 6.72. The van der Waals surface area contributed by atoms with Crippen LogP contribution in [0.25, 0.3) is 0 Å². The summed E-state index contributed by atoms with van der Waals surface area (Å²) in [6.45, 7) is 5.97. The van der Waals surface area contributed by atoms with Gasteiger partial charge in [-0.05, 0) is 25.0 Å². The molecule has 2 aromatic rings. The maximum Gasteiger partial charge on any atom is 0.323 e. The third-order valence-corrected chi connectivity index (χ3v) is 3.07. The summed E-state index contributed by atoms with van der Waals surface area (Å²) in [6.07, 6.45) is 0.660. The largest absolute Gasteiger partial charge is 0.465 e. The van der Waals surface area contributed by atoms with Gasteiger partial charge in [-0.1, -0.05) is 36.3 Å². The van der Waals surface area contributed by atoms with Gasteiger partial charge in [-0.25, -0.2) is 0 Å². The molecule has 0 saturated heterocycles. The Bertz CT molecular complexity index is 592. The van der Waals surface area contributed by atoms with E-state index < -0.39 is 5.92 Å². The van der Waals surface area contributed by atoms with Crippen LogP contribution in [-0.2, 0) is 16.0 Å². The average molecular weight is 274 g/mol. The van der Waals surface area contributed by atoms with Gasteiger partial charge in [0.15, 0.2) is 11.7 Å². The molecule has 2 rings (SSSR count). The molecule has 0 radical (unpaired) electrons. The number of carbonyl (C=O) groups excluding carboxylic acids is 1. The number of nitrogens with zero attached hydrogens (tertiary/aromatic N) is 2. The van der Waals surface area contributed by atoms with Crippen molar-refractivity contribution in [1.29, 1.82) is 0 Å². The van der Waals surface area contributed by atoms with E-state index in [2.05, 4.69) is 10.1 Å². The Morgan fingerprint density at radius 2 is 2.10 bits per heavy atom. The van der Waals surface area contributed by atoms with Crippen LogP contribution < -0.4 is 0 Å². The van der Waals surface area contributed by atoms with Gasteiger partial charge in [0, 0.05) is 6.42 Å². The highest BCUT2D eigenvalue weighted by molar-refractivity contribution is 5.81. The molecule has 0 aliphatic heterocycles. The highest BCUT2D eigenvalue weighted by atomic mass is 16.5. The lowest BCUT2D eigenvalue weighted by Gasteiger charge is -2.14. The van der Waals surface area contributed by atoms with Crippen LogP contribution in [0.2, 0.25) is 0 Å². The van der Waals surface area contributed by atoms with Crippen molar-refractivity contribution in [3.8, 4) is 0 Å². The van der Waals surface area contributed by atoms with Gasteiger partial charge in [-0.3, -0.25) is 4.79 Å². The lowest BCUT2D eigenvalue weighted by Crippen LogP contribution is -2.18. The minimum atomic E-state index is -0.663. The van der Waals surface area contributed by atoms with E-state index in [1.807, 2.05) is 38.1 Å². The summed E-state index contributed by atoms with van der Waals surface area (Å²) in [5, 5.41) is 3.86. The van der Waals surface area contributed by atoms with E-state index in [-0.39, 0.29) is 11.9 Å². The normalized spacial score (nSPS) is 12.2. The smallest absolute Gasteiger partial charge is 0.323 e. The van der Waals surface area contributed by atoms with Gasteiger partial charge >= 0.3 is 5.97 Å². The van der Waals surface area contributed by atoms with Crippen LogP contribution in [0.5, 0.6) is 0 Å². The van der Waals surface area contributed by atoms with Gasteiger partial charge in [0.1, 0.15) is 0 Å². The molecular weight excluding hydrogens is 256 g/mol. The van der Waals surface area contributed by atoms with Crippen molar-refractivity contribution < 1.29 is 14.1 Å². The maximum absolute atomic E-state index is 12.2. The lowest BCUT2D eigenvalue weighted by molar-refractivity contribution is -0.144. The zero-order valence-corrected chi connectivity index (χ0v) is 11.9. The van der Waals surface area contributed by atoms with Crippen molar-refractivity contribution in [2.45, 2.75) is 33.1 Å². The topological polar surface area (TPSA) is 65.2 Å². The summed E-state index contributed by atoms with van der Waals surface area (Å²) in [5.74, 6) is -0.158. The van der Waals surface area contributed by atoms with Gasteiger partial charge in [0.05, 0.1) is 6.61 Å². The third kappa shape index (κ3) is 2.87. The predicted molar refractivity (Wildman–Crippen MR) is 73.3 cm³/mol. The second-order valence-electron chi connectivity index (χ2n) is 4.44. The standard InChI is InChI=1S/C15H18N2O3/c1-4-12-16-14(20-17-12)13(15(18)19-5-2)11-9-7-6-8-10(11)3/h6-9,13H,4-5H2,1-3H3. The molecule has 0 bridgehead atoms. The summed E-state index contributed by atoms with van der Waals surface area (Å²) in [7, 11) is 0. The first-order chi connectivity index (χ1) is 9.67. The maximum atomic E-state index is 12.2. The predicted octanol–water partition coefficient (Wildman–Crippen LogP) is 2.64. The zero-order chi connectivity index (χ0) is 14.5. The first-order valence-electron chi connectivity index (χ1n) is 6.72. The fourth-order valence-electron chi connectivity index (χ4n) is 2.03. The molecule has 1 aromatic heterocycles. The Balaban J connectivity index is 2.44. The number of ether oxygens (including phenoxy) is 1. The Hall–Kier alpha value is -2.17. The van der Waals surface area contributed by atoms with E-state index in [0.29, 0.717) is 18.9 Å². The van der Waals surface area contributed by atoms with Gasteiger partial charge in [0.2, 0.25) is 5.89 Å². The molecule has 5 heteroatoms. The number of rotatable bonds is 5. The Kier molecular flexibility index (Phi) is 4.50. The van der Waals surface area contributed by atoms with Crippen molar-refractivity contribution in [1.82, 2.24) is 10.1 Å². The lowest BCUT2D eigenvalue weighted by atomic mass is 9.95. The summed E-state index contributed by atoms with van der Waals surface area (Å²) in [4.78, 5) is 16.5. The number of hydrogen-bond acceptors (Lipinski definition) is 5. The molecule has 0 aliphatic rings. The number of carbonyl (C=O) groups is 1. The third-order valence-electron chi connectivity index (χ3n) is 3.07. The molecule has 1 heterocycles. The fraction of sp³-hybridized carbons (Fsp3) is 0.400. The summed E-state index contributed by atoms with van der Waals surface area (Å²) in [6, 6.07) is 7.63. The van der Waals surface area contributed by atoms with Crippen LogP contribution in [-0.4, -0.2) is 22.7 Å². The second kappa shape index (κ2) is 6.32. The van der Waals surface area contributed by atoms with Crippen molar-refractivity contribution in [2.75, 3.05) is 6.61 Å². The zero-order valence-electron chi connectivity index (χ0n) is 11.9. The van der Waals surface area contributed by atoms with Gasteiger partial charge in [-0.15, -0.1) is 0 Å². The molecule has 0 spiro atoms. The average Bonchev–Trinajstić information content (AvgIpc) is 2.90.